The number of halogens is 1. The first-order chi connectivity index (χ1) is 12.1. The van der Waals surface area contributed by atoms with Gasteiger partial charge in [-0.2, -0.15) is 5.10 Å². The fourth-order valence-corrected chi connectivity index (χ4v) is 3.48. The molecule has 0 saturated heterocycles. The second kappa shape index (κ2) is 6.54. The molecule has 0 fully saturated rings. The molecule has 2 heterocycles. The number of rotatable bonds is 3. The molecule has 0 aliphatic carbocycles. The third-order valence-corrected chi connectivity index (χ3v) is 5.17. The van der Waals surface area contributed by atoms with E-state index < -0.39 is 0 Å². The first-order valence-corrected chi connectivity index (χ1v) is 8.71. The van der Waals surface area contributed by atoms with Crippen molar-refractivity contribution in [3.8, 4) is 11.4 Å². The molecule has 0 N–H and O–H groups in total. The summed E-state index contributed by atoms with van der Waals surface area (Å²) in [7, 11) is 1.90. The summed E-state index contributed by atoms with van der Waals surface area (Å²) in [5.74, 6) is 0.499. The predicted molar refractivity (Wildman–Crippen MR) is 98.0 cm³/mol. The van der Waals surface area contributed by atoms with Crippen LogP contribution in [-0.2, 0) is 26.7 Å². The number of hydrogen-bond donors (Lipinski definition) is 0. The minimum Gasteiger partial charge on any atom is -0.303 e. The number of fused-ring (bicyclic) bond motifs is 1. The molecule has 0 spiro atoms. The van der Waals surface area contributed by atoms with Crippen molar-refractivity contribution in [2.24, 2.45) is 7.05 Å². The summed E-state index contributed by atoms with van der Waals surface area (Å²) in [6, 6.07) is 14.9. The van der Waals surface area contributed by atoms with E-state index in [4.69, 9.17) is 12.2 Å². The predicted octanol–water partition coefficient (Wildman–Crippen LogP) is 3.77. The highest BCUT2D eigenvalue weighted by Crippen LogP contribution is 2.21. The Morgan fingerprint density at radius 3 is 2.56 bits per heavy atom. The molecule has 1 aliphatic rings. The molecular formula is C19H19FN4S. The molecule has 0 unspecified atom stereocenters. The van der Waals surface area contributed by atoms with Gasteiger partial charge in [0.15, 0.2) is 10.6 Å². The van der Waals surface area contributed by atoms with Crippen LogP contribution >= 0.6 is 12.2 Å². The van der Waals surface area contributed by atoms with E-state index in [-0.39, 0.29) is 5.82 Å². The monoisotopic (exact) mass is 354 g/mol. The Balaban J connectivity index is 1.59. The van der Waals surface area contributed by atoms with Crippen molar-refractivity contribution >= 4 is 12.2 Å². The second-order valence-corrected chi connectivity index (χ2v) is 6.75. The molecule has 4 rings (SSSR count). The van der Waals surface area contributed by atoms with Crippen molar-refractivity contribution in [2.75, 3.05) is 6.54 Å². The third-order valence-electron chi connectivity index (χ3n) is 4.69. The Labute approximate surface area is 151 Å². The average Bonchev–Trinajstić information content (AvgIpc) is 2.91. The normalized spacial score (nSPS) is 14.5. The van der Waals surface area contributed by atoms with Crippen molar-refractivity contribution < 1.29 is 4.39 Å². The van der Waals surface area contributed by atoms with Crippen LogP contribution in [0, 0.1) is 10.6 Å². The van der Waals surface area contributed by atoms with Crippen LogP contribution in [-0.4, -0.2) is 25.8 Å². The fraction of sp³-hybridized carbons (Fsp3) is 0.263. The minimum atomic E-state index is -0.253. The Kier molecular flexibility index (Phi) is 4.23. The molecule has 0 bridgehead atoms. The molecule has 3 aromatic rings. The summed E-state index contributed by atoms with van der Waals surface area (Å²) in [4.78, 5) is 2.35. The van der Waals surface area contributed by atoms with Crippen molar-refractivity contribution in [2.45, 2.75) is 19.6 Å². The smallest absolute Gasteiger partial charge is 0.199 e. The van der Waals surface area contributed by atoms with Crippen LogP contribution < -0.4 is 0 Å². The highest BCUT2D eigenvalue weighted by Gasteiger charge is 2.18. The minimum absolute atomic E-state index is 0.253. The Morgan fingerprint density at radius 1 is 1.08 bits per heavy atom. The summed E-state index contributed by atoms with van der Waals surface area (Å²) in [6.45, 7) is 2.55. The van der Waals surface area contributed by atoms with E-state index >= 15 is 0 Å². The zero-order valence-corrected chi connectivity index (χ0v) is 14.8. The molecule has 1 aliphatic heterocycles. The molecule has 0 amide bonds. The van der Waals surface area contributed by atoms with Gasteiger partial charge in [0.1, 0.15) is 5.82 Å². The summed E-state index contributed by atoms with van der Waals surface area (Å²) >= 11 is 5.55. The van der Waals surface area contributed by atoms with Gasteiger partial charge in [-0.15, -0.1) is 0 Å². The Morgan fingerprint density at radius 2 is 1.80 bits per heavy atom. The van der Waals surface area contributed by atoms with E-state index in [1.165, 1.54) is 23.3 Å². The molecule has 2 aromatic carbocycles. The summed E-state index contributed by atoms with van der Waals surface area (Å²) < 4.78 is 17.5. The van der Waals surface area contributed by atoms with Gasteiger partial charge in [0, 0.05) is 25.7 Å². The van der Waals surface area contributed by atoms with Crippen molar-refractivity contribution in [1.82, 2.24) is 19.2 Å². The van der Waals surface area contributed by atoms with E-state index in [2.05, 4.69) is 34.3 Å². The first-order valence-electron chi connectivity index (χ1n) is 8.31. The zero-order valence-electron chi connectivity index (χ0n) is 14.0. The second-order valence-electron chi connectivity index (χ2n) is 6.38. The molecule has 1 aromatic heterocycles. The van der Waals surface area contributed by atoms with Crippen LogP contribution in [0.1, 0.15) is 11.1 Å². The molecule has 0 saturated carbocycles. The number of nitrogens with zero attached hydrogens (tertiary/aromatic N) is 4. The van der Waals surface area contributed by atoms with E-state index in [1.54, 1.807) is 12.1 Å². The lowest BCUT2D eigenvalue weighted by molar-refractivity contribution is 0.188. The summed E-state index contributed by atoms with van der Waals surface area (Å²) in [6.07, 6.45) is 1.04. The van der Waals surface area contributed by atoms with E-state index in [0.29, 0.717) is 11.4 Å². The van der Waals surface area contributed by atoms with Crippen LogP contribution in [0.4, 0.5) is 4.39 Å². The van der Waals surface area contributed by atoms with Gasteiger partial charge in [-0.3, -0.25) is 4.90 Å². The summed E-state index contributed by atoms with van der Waals surface area (Å²) in [5, 5.41) is 4.67. The van der Waals surface area contributed by atoms with Crippen molar-refractivity contribution in [3.63, 3.8) is 0 Å². The maximum atomic E-state index is 13.2. The Hall–Kier alpha value is -2.31. The molecule has 0 atom stereocenters. The van der Waals surface area contributed by atoms with Gasteiger partial charge in [0.2, 0.25) is 0 Å². The van der Waals surface area contributed by atoms with Gasteiger partial charge in [-0.05, 0) is 54.0 Å². The maximum Gasteiger partial charge on any atom is 0.199 e. The standard InChI is InChI=1S/C19H19FN4S/c1-22-18(15-6-8-17(20)9-7-15)21-24(19(22)25)13-23-11-10-14-4-2-3-5-16(14)12-23/h2-9H,10-13H2,1H3. The fourth-order valence-electron chi connectivity index (χ4n) is 3.29. The topological polar surface area (TPSA) is 26.0 Å². The van der Waals surface area contributed by atoms with Gasteiger partial charge in [0.05, 0.1) is 6.67 Å². The van der Waals surface area contributed by atoms with Gasteiger partial charge in [0.25, 0.3) is 0 Å². The zero-order chi connectivity index (χ0) is 17.4. The number of hydrogen-bond acceptors (Lipinski definition) is 3. The molecule has 0 radical (unpaired) electrons. The van der Waals surface area contributed by atoms with E-state index in [0.717, 1.165) is 30.9 Å². The lowest BCUT2D eigenvalue weighted by atomic mass is 10.0. The van der Waals surface area contributed by atoms with Gasteiger partial charge in [-0.25, -0.2) is 9.07 Å². The lowest BCUT2D eigenvalue weighted by Gasteiger charge is -2.28. The lowest BCUT2D eigenvalue weighted by Crippen LogP contribution is -2.32. The van der Waals surface area contributed by atoms with Crippen LogP contribution in [0.25, 0.3) is 11.4 Å². The van der Waals surface area contributed by atoms with Crippen LogP contribution in [0.3, 0.4) is 0 Å². The van der Waals surface area contributed by atoms with E-state index in [9.17, 15) is 4.39 Å². The first kappa shape index (κ1) is 16.2. The molecular weight excluding hydrogens is 335 g/mol. The quantitative estimate of drug-likeness (QED) is 0.670. The third kappa shape index (κ3) is 3.15. The SMILES string of the molecule is Cn1c(-c2ccc(F)cc2)nn(CN2CCc3ccccc3C2)c1=S. The van der Waals surface area contributed by atoms with Gasteiger partial charge < -0.3 is 4.57 Å². The maximum absolute atomic E-state index is 13.2. The van der Waals surface area contributed by atoms with Crippen LogP contribution in [0.15, 0.2) is 48.5 Å². The van der Waals surface area contributed by atoms with Crippen LogP contribution in [0.2, 0.25) is 0 Å². The molecule has 25 heavy (non-hydrogen) atoms. The van der Waals surface area contributed by atoms with Gasteiger partial charge in [-0.1, -0.05) is 24.3 Å². The number of benzene rings is 2. The van der Waals surface area contributed by atoms with E-state index in [1.807, 2.05) is 16.3 Å². The van der Waals surface area contributed by atoms with Gasteiger partial charge >= 0.3 is 0 Å². The molecule has 4 nitrogen and oxygen atoms in total. The average molecular weight is 354 g/mol. The molecule has 6 heteroatoms. The summed E-state index contributed by atoms with van der Waals surface area (Å²) in [5.41, 5.74) is 3.66. The highest BCUT2D eigenvalue weighted by atomic mass is 32.1. The van der Waals surface area contributed by atoms with Crippen molar-refractivity contribution in [1.29, 1.82) is 0 Å². The van der Waals surface area contributed by atoms with Crippen LogP contribution in [0.5, 0.6) is 0 Å². The largest absolute Gasteiger partial charge is 0.303 e. The molecule has 128 valence electrons. The highest BCUT2D eigenvalue weighted by molar-refractivity contribution is 7.71. The van der Waals surface area contributed by atoms with Crippen molar-refractivity contribution in [3.05, 3.63) is 70.2 Å². The number of aromatic nitrogens is 3. The Bertz CT molecular complexity index is 958.